The first-order valence-corrected chi connectivity index (χ1v) is 15.9. The van der Waals surface area contributed by atoms with Gasteiger partial charge in [-0.25, -0.2) is 0 Å². The lowest BCUT2D eigenvalue weighted by molar-refractivity contribution is -0.154. The molecule has 48 heavy (non-hydrogen) atoms. The number of carbonyl (C=O) groups is 1. The zero-order valence-electron chi connectivity index (χ0n) is 26.8. The van der Waals surface area contributed by atoms with E-state index in [4.69, 9.17) is 14.2 Å². The Bertz CT molecular complexity index is 1600. The van der Waals surface area contributed by atoms with Crippen LogP contribution in [0.5, 0.6) is 17.8 Å². The second-order valence-electron chi connectivity index (χ2n) is 11.8. The molecule has 254 valence electrons. The molecule has 14 heteroatoms. The van der Waals surface area contributed by atoms with E-state index in [9.17, 15) is 18.0 Å². The first-order chi connectivity index (χ1) is 23.2. The predicted molar refractivity (Wildman–Crippen MR) is 170 cm³/mol. The number of nitrogens with zero attached hydrogens (tertiary/aromatic N) is 6. The van der Waals surface area contributed by atoms with Gasteiger partial charge in [0.25, 0.3) is 5.91 Å². The van der Waals surface area contributed by atoms with Crippen LogP contribution in [-0.2, 0) is 6.54 Å². The molecule has 2 atom stereocenters. The third-order valence-electron chi connectivity index (χ3n) is 8.73. The first kappa shape index (κ1) is 33.2. The van der Waals surface area contributed by atoms with Crippen molar-refractivity contribution in [3.8, 4) is 17.8 Å². The highest BCUT2D eigenvalue weighted by Gasteiger charge is 2.44. The molecule has 2 fully saturated rings. The van der Waals surface area contributed by atoms with Gasteiger partial charge in [-0.3, -0.25) is 19.7 Å². The fourth-order valence-corrected chi connectivity index (χ4v) is 6.75. The van der Waals surface area contributed by atoms with Crippen molar-refractivity contribution in [1.29, 1.82) is 0 Å². The van der Waals surface area contributed by atoms with Crippen LogP contribution in [0, 0.1) is 0 Å². The van der Waals surface area contributed by atoms with Crippen LogP contribution in [0.15, 0.2) is 73.1 Å². The Balaban J connectivity index is 1.38. The van der Waals surface area contributed by atoms with Crippen molar-refractivity contribution in [3.63, 3.8) is 0 Å². The number of nitrogens with one attached hydrogen (secondary N) is 1. The Morgan fingerprint density at radius 3 is 2.25 bits per heavy atom. The lowest BCUT2D eigenvalue weighted by Gasteiger charge is -2.53. The summed E-state index contributed by atoms with van der Waals surface area (Å²) in [5, 5.41) is 6.66. The van der Waals surface area contributed by atoms with E-state index >= 15 is 0 Å². The van der Waals surface area contributed by atoms with Crippen molar-refractivity contribution in [2.24, 2.45) is 0 Å². The highest BCUT2D eigenvalue weighted by atomic mass is 19.4. The summed E-state index contributed by atoms with van der Waals surface area (Å²) in [5.74, 6) is -0.310. The highest BCUT2D eigenvalue weighted by molar-refractivity contribution is 5.93. The number of fused-ring (bicyclic) bond motifs is 1. The normalized spacial score (nSPS) is 18.8. The van der Waals surface area contributed by atoms with Gasteiger partial charge in [-0.15, -0.1) is 0 Å². The Morgan fingerprint density at radius 2 is 1.65 bits per heavy atom. The van der Waals surface area contributed by atoms with E-state index in [-0.39, 0.29) is 60.4 Å². The molecule has 2 saturated heterocycles. The molecule has 0 saturated carbocycles. The van der Waals surface area contributed by atoms with Crippen LogP contribution < -0.4 is 14.2 Å². The van der Waals surface area contributed by atoms with Crippen LogP contribution in [0.3, 0.4) is 0 Å². The number of rotatable bonds is 11. The number of H-pyrrole nitrogens is 1. The molecule has 0 bridgehead atoms. The smallest absolute Gasteiger partial charge is 0.422 e. The fraction of sp³-hybridized carbons (Fsp3) is 0.412. The summed E-state index contributed by atoms with van der Waals surface area (Å²) < 4.78 is 56.2. The third-order valence-corrected chi connectivity index (χ3v) is 8.73. The van der Waals surface area contributed by atoms with E-state index in [0.29, 0.717) is 38.3 Å². The molecule has 2 aliphatic heterocycles. The molecule has 4 aromatic rings. The lowest BCUT2D eigenvalue weighted by Crippen LogP contribution is -2.67. The maximum Gasteiger partial charge on any atom is 0.422 e. The molecule has 1 N–H and O–H groups in total. The number of carbonyl (C=O) groups excluding carboxylic acids is 1. The van der Waals surface area contributed by atoms with Crippen LogP contribution in [0.4, 0.5) is 13.2 Å². The zero-order valence-corrected chi connectivity index (χ0v) is 26.8. The van der Waals surface area contributed by atoms with Crippen molar-refractivity contribution in [2.75, 3.05) is 53.0 Å². The molecular formula is C34H38F3N7O4. The summed E-state index contributed by atoms with van der Waals surface area (Å²) in [5.41, 5.74) is 3.06. The number of ether oxygens (including phenoxy) is 3. The molecule has 11 nitrogen and oxygen atoms in total. The van der Waals surface area contributed by atoms with E-state index < -0.39 is 12.8 Å². The number of halogens is 3. The van der Waals surface area contributed by atoms with E-state index in [2.05, 4.69) is 54.2 Å². The summed E-state index contributed by atoms with van der Waals surface area (Å²) in [6.45, 7) is 3.30. The van der Waals surface area contributed by atoms with E-state index in [1.807, 2.05) is 41.3 Å². The van der Waals surface area contributed by atoms with Crippen molar-refractivity contribution < 1.29 is 32.2 Å². The summed E-state index contributed by atoms with van der Waals surface area (Å²) in [6, 6.07) is 20.3. The van der Waals surface area contributed by atoms with Gasteiger partial charge in [-0.05, 0) is 18.1 Å². The van der Waals surface area contributed by atoms with Gasteiger partial charge in [0.1, 0.15) is 0 Å². The summed E-state index contributed by atoms with van der Waals surface area (Å²) in [7, 11) is 1.40. The first-order valence-electron chi connectivity index (χ1n) is 15.9. The van der Waals surface area contributed by atoms with Gasteiger partial charge in [0, 0.05) is 63.5 Å². The van der Waals surface area contributed by atoms with Crippen LogP contribution >= 0.6 is 0 Å². The Kier molecular flexibility index (Phi) is 10.1. The van der Waals surface area contributed by atoms with E-state index in [1.54, 1.807) is 13.1 Å². The zero-order chi connectivity index (χ0) is 33.7. The average molecular weight is 666 g/mol. The molecule has 2 aromatic carbocycles. The molecule has 0 aliphatic carbocycles. The molecule has 0 spiro atoms. The molecule has 1 amide bonds. The topological polar surface area (TPSA) is 109 Å². The largest absolute Gasteiger partial charge is 0.481 e. The quantitative estimate of drug-likeness (QED) is 0.250. The van der Waals surface area contributed by atoms with Crippen LogP contribution in [0.25, 0.3) is 0 Å². The maximum absolute atomic E-state index is 13.4. The van der Waals surface area contributed by atoms with Crippen LogP contribution in [0.2, 0.25) is 0 Å². The molecule has 2 aliphatic rings. The van der Waals surface area contributed by atoms with Gasteiger partial charge >= 0.3 is 12.2 Å². The Labute approximate surface area is 276 Å². The summed E-state index contributed by atoms with van der Waals surface area (Å²) in [6.07, 6.45) is -1.47. The van der Waals surface area contributed by atoms with Crippen molar-refractivity contribution in [3.05, 3.63) is 95.3 Å². The number of amides is 1. The number of hydrogen-bond acceptors (Lipinski definition) is 9. The average Bonchev–Trinajstić information content (AvgIpc) is 3.64. The maximum atomic E-state index is 13.4. The number of piperazine rings is 2. The minimum Gasteiger partial charge on any atom is -0.481 e. The molecular weight excluding hydrogens is 627 g/mol. The number of methoxy groups -OCH3 is 1. The Morgan fingerprint density at radius 1 is 0.958 bits per heavy atom. The van der Waals surface area contributed by atoms with Gasteiger partial charge < -0.3 is 19.1 Å². The summed E-state index contributed by atoms with van der Waals surface area (Å²) >= 11 is 0. The molecule has 2 aromatic heterocycles. The standard InChI is InChI=1S/C34H38F3N7O4/c1-3-47-33-40-30(46-2)27(31(41-33)48-22-34(35,36)37)20-42-18-26-19-43(32(45)25-16-38-39-17-25)14-15-44(26)28(21-42)29(23-10-6-4-7-11-23)24-12-8-5-9-13-24/h4-13,16-17,26,28-29H,3,14-15,18-22H2,1-2H3,(H,38,39)/t26-,28+/m1/s1. The molecule has 0 radical (unpaired) electrons. The number of aromatic amines is 1. The number of alkyl halides is 3. The minimum atomic E-state index is -4.58. The second kappa shape index (κ2) is 14.6. The Hall–Kier alpha value is -4.69. The minimum absolute atomic E-state index is 0.0340. The van der Waals surface area contributed by atoms with Crippen molar-refractivity contribution in [2.45, 2.75) is 37.6 Å². The van der Waals surface area contributed by atoms with Gasteiger partial charge in [-0.1, -0.05) is 60.7 Å². The number of benzene rings is 2. The van der Waals surface area contributed by atoms with Crippen molar-refractivity contribution in [1.82, 2.24) is 34.9 Å². The van der Waals surface area contributed by atoms with Gasteiger partial charge in [0.05, 0.1) is 31.0 Å². The predicted octanol–water partition coefficient (Wildman–Crippen LogP) is 4.39. The molecule has 6 rings (SSSR count). The van der Waals surface area contributed by atoms with Crippen LogP contribution in [-0.4, -0.2) is 112 Å². The number of hydrogen-bond donors (Lipinski definition) is 1. The van der Waals surface area contributed by atoms with Gasteiger partial charge in [0.15, 0.2) is 6.61 Å². The lowest BCUT2D eigenvalue weighted by atomic mass is 9.81. The fourth-order valence-electron chi connectivity index (χ4n) is 6.75. The van der Waals surface area contributed by atoms with Crippen LogP contribution in [0.1, 0.15) is 39.9 Å². The van der Waals surface area contributed by atoms with Gasteiger partial charge in [0.2, 0.25) is 11.8 Å². The molecule has 4 heterocycles. The third kappa shape index (κ3) is 7.55. The van der Waals surface area contributed by atoms with E-state index in [0.717, 1.165) is 11.1 Å². The molecule has 0 unspecified atom stereocenters. The second-order valence-corrected chi connectivity index (χ2v) is 11.8. The van der Waals surface area contributed by atoms with Crippen molar-refractivity contribution >= 4 is 5.91 Å². The highest BCUT2D eigenvalue weighted by Crippen LogP contribution is 2.38. The monoisotopic (exact) mass is 665 g/mol. The SMILES string of the molecule is CCOc1nc(OC)c(CN2C[C@@H]3CN(C(=O)c4cn[nH]c4)CCN3[C@H](C(c3ccccc3)c3ccccc3)C2)c(OCC(F)(F)F)n1. The number of aromatic nitrogens is 4. The van der Waals surface area contributed by atoms with E-state index in [1.165, 1.54) is 13.3 Å². The van der Waals surface area contributed by atoms with Gasteiger partial charge in [-0.2, -0.15) is 28.2 Å². The summed E-state index contributed by atoms with van der Waals surface area (Å²) in [4.78, 5) is 28.4.